The van der Waals surface area contributed by atoms with E-state index in [1.165, 1.54) is 49.8 Å². The molecule has 0 aromatic heterocycles. The van der Waals surface area contributed by atoms with E-state index in [4.69, 9.17) is 10.5 Å². The van der Waals surface area contributed by atoms with Crippen molar-refractivity contribution >= 4 is 11.8 Å². The average Bonchev–Trinajstić information content (AvgIpc) is 2.35. The van der Waals surface area contributed by atoms with Crippen LogP contribution in [0.2, 0.25) is 0 Å². The molecule has 0 radical (unpaired) electrons. The maximum atomic E-state index is 10.5. The van der Waals surface area contributed by atoms with Crippen LogP contribution >= 0.6 is 0 Å². The van der Waals surface area contributed by atoms with Crippen molar-refractivity contribution in [2.45, 2.75) is 71.1 Å². The molecule has 2 N–H and O–H groups in total. The Labute approximate surface area is 117 Å². The lowest BCUT2D eigenvalue weighted by Crippen LogP contribution is -2.31. The highest BCUT2D eigenvalue weighted by molar-refractivity contribution is 5.82. The van der Waals surface area contributed by atoms with Crippen LogP contribution in [-0.2, 0) is 4.79 Å². The summed E-state index contributed by atoms with van der Waals surface area (Å²) in [5.74, 6) is -0.440. The van der Waals surface area contributed by atoms with E-state index < -0.39 is 5.97 Å². The predicted octanol–water partition coefficient (Wildman–Crippen LogP) is 3.90. The third-order valence-electron chi connectivity index (χ3n) is 3.35. The smallest absolute Gasteiger partial charge is 0.323 e. The van der Waals surface area contributed by atoms with Gasteiger partial charge in [0.2, 0.25) is 0 Å². The van der Waals surface area contributed by atoms with Crippen molar-refractivity contribution in [1.82, 2.24) is 4.90 Å². The highest BCUT2D eigenvalue weighted by atomic mass is 16.4. The number of likely N-dealkylation sites (N-methyl/N-ethyl adjacent to an activating group) is 1. The van der Waals surface area contributed by atoms with Gasteiger partial charge in [0.1, 0.15) is 6.54 Å². The van der Waals surface area contributed by atoms with E-state index in [-0.39, 0.29) is 6.54 Å². The molecule has 0 aliphatic carbocycles. The minimum Gasteiger partial charge on any atom is -0.480 e. The average molecular weight is 270 g/mol. The first-order valence-electron chi connectivity index (χ1n) is 7.58. The van der Waals surface area contributed by atoms with Gasteiger partial charge in [-0.25, -0.2) is 0 Å². The molecule has 0 fully saturated rings. The molecule has 0 saturated heterocycles. The van der Waals surface area contributed by atoms with Gasteiger partial charge in [-0.3, -0.25) is 10.2 Å². The van der Waals surface area contributed by atoms with E-state index in [0.717, 1.165) is 12.8 Å². The summed E-state index contributed by atoms with van der Waals surface area (Å²) < 4.78 is 0. The molecule has 0 saturated carbocycles. The second kappa shape index (κ2) is 12.0. The number of nitrogens with one attached hydrogen (secondary N) is 1. The standard InChI is InChI=1S/C15H30N2O2/c1-3-4-5-6-7-8-9-10-11-12-14(16)17(2)13-15(18)19/h16H,3-13H2,1-2H3,(H,18,19). The van der Waals surface area contributed by atoms with E-state index in [0.29, 0.717) is 12.3 Å². The fraction of sp³-hybridized carbons (Fsp3) is 0.867. The van der Waals surface area contributed by atoms with Gasteiger partial charge in [-0.15, -0.1) is 0 Å². The molecule has 0 aliphatic heterocycles. The minimum absolute atomic E-state index is 0.0732. The van der Waals surface area contributed by atoms with Gasteiger partial charge in [0, 0.05) is 13.5 Å². The second-order valence-electron chi connectivity index (χ2n) is 5.27. The molecule has 0 unspecified atom stereocenters. The molecule has 0 aromatic carbocycles. The number of carboxylic acids is 1. The van der Waals surface area contributed by atoms with Crippen LogP contribution in [-0.4, -0.2) is 35.4 Å². The molecular weight excluding hydrogens is 240 g/mol. The van der Waals surface area contributed by atoms with Gasteiger partial charge in [-0.05, 0) is 6.42 Å². The molecule has 4 heteroatoms. The van der Waals surface area contributed by atoms with Crippen LogP contribution in [0.5, 0.6) is 0 Å². The number of aliphatic carboxylic acids is 1. The SMILES string of the molecule is CCCCCCCCCCCC(=N)N(C)CC(=O)O. The van der Waals surface area contributed by atoms with Crippen molar-refractivity contribution in [3.05, 3.63) is 0 Å². The van der Waals surface area contributed by atoms with Crippen LogP contribution in [0.1, 0.15) is 71.1 Å². The summed E-state index contributed by atoms with van der Waals surface area (Å²) >= 11 is 0. The Hall–Kier alpha value is -1.06. The number of unbranched alkanes of at least 4 members (excludes halogenated alkanes) is 8. The van der Waals surface area contributed by atoms with Crippen molar-refractivity contribution in [3.8, 4) is 0 Å². The van der Waals surface area contributed by atoms with Crippen LogP contribution in [0.15, 0.2) is 0 Å². The van der Waals surface area contributed by atoms with Gasteiger partial charge in [-0.2, -0.15) is 0 Å². The Morgan fingerprint density at radius 1 is 1.00 bits per heavy atom. The quantitative estimate of drug-likeness (QED) is 0.321. The molecule has 0 aromatic rings. The van der Waals surface area contributed by atoms with Gasteiger partial charge >= 0.3 is 5.97 Å². The van der Waals surface area contributed by atoms with Crippen molar-refractivity contribution in [2.24, 2.45) is 0 Å². The summed E-state index contributed by atoms with van der Waals surface area (Å²) in [4.78, 5) is 12.0. The number of hydrogen-bond donors (Lipinski definition) is 2. The van der Waals surface area contributed by atoms with Gasteiger partial charge in [0.15, 0.2) is 0 Å². The molecule has 0 atom stereocenters. The maximum Gasteiger partial charge on any atom is 0.323 e. The number of hydrogen-bond acceptors (Lipinski definition) is 2. The van der Waals surface area contributed by atoms with Gasteiger partial charge in [0.05, 0.1) is 5.84 Å². The van der Waals surface area contributed by atoms with Crippen LogP contribution < -0.4 is 0 Å². The van der Waals surface area contributed by atoms with Crippen molar-refractivity contribution < 1.29 is 9.90 Å². The fourth-order valence-electron chi connectivity index (χ4n) is 2.09. The number of rotatable bonds is 12. The Kier molecular flexibility index (Phi) is 11.3. The molecule has 19 heavy (non-hydrogen) atoms. The Bertz CT molecular complexity index is 255. The predicted molar refractivity (Wildman–Crippen MR) is 79.8 cm³/mol. The summed E-state index contributed by atoms with van der Waals surface area (Å²) in [7, 11) is 1.67. The lowest BCUT2D eigenvalue weighted by atomic mass is 10.1. The maximum absolute atomic E-state index is 10.5. The van der Waals surface area contributed by atoms with Crippen molar-refractivity contribution in [2.75, 3.05) is 13.6 Å². The highest BCUT2D eigenvalue weighted by Gasteiger charge is 2.07. The highest BCUT2D eigenvalue weighted by Crippen LogP contribution is 2.11. The third kappa shape index (κ3) is 11.7. The zero-order valence-corrected chi connectivity index (χ0v) is 12.6. The Morgan fingerprint density at radius 2 is 1.47 bits per heavy atom. The van der Waals surface area contributed by atoms with Crippen LogP contribution in [0.25, 0.3) is 0 Å². The molecule has 0 rings (SSSR count). The van der Waals surface area contributed by atoms with E-state index in [1.807, 2.05) is 0 Å². The molecule has 0 heterocycles. The molecule has 0 spiro atoms. The summed E-state index contributed by atoms with van der Waals surface area (Å²) in [6.07, 6.45) is 12.1. The summed E-state index contributed by atoms with van der Waals surface area (Å²) in [6, 6.07) is 0. The van der Waals surface area contributed by atoms with E-state index in [2.05, 4.69) is 6.92 Å². The third-order valence-corrected chi connectivity index (χ3v) is 3.35. The number of carboxylic acid groups (broad SMARTS) is 1. The first-order chi connectivity index (χ1) is 9.07. The zero-order chi connectivity index (χ0) is 14.5. The molecular formula is C15H30N2O2. The molecule has 0 aliphatic rings. The molecule has 0 bridgehead atoms. The number of carbonyl (C=O) groups is 1. The zero-order valence-electron chi connectivity index (χ0n) is 12.6. The Morgan fingerprint density at radius 3 is 1.95 bits per heavy atom. The summed E-state index contributed by atoms with van der Waals surface area (Å²) in [6.45, 7) is 2.16. The summed E-state index contributed by atoms with van der Waals surface area (Å²) in [5.41, 5.74) is 0. The van der Waals surface area contributed by atoms with Crippen LogP contribution in [0, 0.1) is 5.41 Å². The second-order valence-corrected chi connectivity index (χ2v) is 5.27. The molecule has 112 valence electrons. The lowest BCUT2D eigenvalue weighted by molar-refractivity contribution is -0.137. The fourth-order valence-corrected chi connectivity index (χ4v) is 2.09. The first-order valence-corrected chi connectivity index (χ1v) is 7.58. The molecule has 0 amide bonds. The topological polar surface area (TPSA) is 64.4 Å². The van der Waals surface area contributed by atoms with E-state index >= 15 is 0 Å². The van der Waals surface area contributed by atoms with Gasteiger partial charge < -0.3 is 10.0 Å². The van der Waals surface area contributed by atoms with Gasteiger partial charge in [-0.1, -0.05) is 58.3 Å². The van der Waals surface area contributed by atoms with Crippen LogP contribution in [0.4, 0.5) is 0 Å². The largest absolute Gasteiger partial charge is 0.480 e. The first kappa shape index (κ1) is 17.9. The summed E-state index contributed by atoms with van der Waals surface area (Å²) in [5, 5.41) is 16.4. The molecule has 4 nitrogen and oxygen atoms in total. The minimum atomic E-state index is -0.876. The lowest BCUT2D eigenvalue weighted by Gasteiger charge is -2.17. The van der Waals surface area contributed by atoms with Gasteiger partial charge in [0.25, 0.3) is 0 Å². The van der Waals surface area contributed by atoms with Crippen molar-refractivity contribution in [1.29, 1.82) is 5.41 Å². The number of nitrogens with zero attached hydrogens (tertiary/aromatic N) is 1. The van der Waals surface area contributed by atoms with E-state index in [1.54, 1.807) is 7.05 Å². The normalized spacial score (nSPS) is 10.4. The number of amidine groups is 1. The van der Waals surface area contributed by atoms with Crippen LogP contribution in [0.3, 0.4) is 0 Å². The monoisotopic (exact) mass is 270 g/mol. The Balaban J connectivity index is 3.34. The van der Waals surface area contributed by atoms with Crippen molar-refractivity contribution in [3.63, 3.8) is 0 Å². The van der Waals surface area contributed by atoms with E-state index in [9.17, 15) is 4.79 Å².